The topological polar surface area (TPSA) is 59.2 Å². The molecule has 0 unspecified atom stereocenters. The lowest BCUT2D eigenvalue weighted by Gasteiger charge is -2.19. The second-order valence-electron chi connectivity index (χ2n) is 7.59. The van der Waals surface area contributed by atoms with Crippen molar-refractivity contribution in [3.63, 3.8) is 0 Å². The van der Waals surface area contributed by atoms with E-state index in [0.717, 1.165) is 26.7 Å². The zero-order valence-corrected chi connectivity index (χ0v) is 17.4. The zero-order valence-electron chi connectivity index (χ0n) is 15.9. The maximum Gasteiger partial charge on any atom is 0.302 e. The number of hydrogen-bond donors (Lipinski definition) is 1. The highest BCUT2D eigenvalue weighted by Gasteiger charge is 2.17. The normalized spacial score (nSPS) is 11.6. The fourth-order valence-corrected chi connectivity index (χ4v) is 3.50. The van der Waals surface area contributed by atoms with Gasteiger partial charge in [0.15, 0.2) is 5.43 Å². The minimum atomic E-state index is -0.362. The first kappa shape index (κ1) is 19.4. The van der Waals surface area contributed by atoms with Crippen molar-refractivity contribution in [2.24, 2.45) is 0 Å². The van der Waals surface area contributed by atoms with Crippen molar-refractivity contribution < 1.29 is 9.53 Å². The van der Waals surface area contributed by atoms with Gasteiger partial charge in [0.1, 0.15) is 6.61 Å². The molecule has 0 spiro atoms. The van der Waals surface area contributed by atoms with E-state index in [-0.39, 0.29) is 23.4 Å². The van der Waals surface area contributed by atoms with Gasteiger partial charge in [-0.05, 0) is 34.7 Å². The number of carbonyl (C=O) groups is 1. The molecule has 0 fully saturated rings. The molecule has 5 heteroatoms. The van der Waals surface area contributed by atoms with Crippen molar-refractivity contribution >= 4 is 32.8 Å². The van der Waals surface area contributed by atoms with E-state index in [1.54, 1.807) is 6.20 Å². The van der Waals surface area contributed by atoms with Gasteiger partial charge < -0.3 is 9.72 Å². The largest absolute Gasteiger partial charge is 0.461 e. The van der Waals surface area contributed by atoms with Crippen LogP contribution in [0.5, 0.6) is 0 Å². The predicted octanol–water partition coefficient (Wildman–Crippen LogP) is 5.32. The van der Waals surface area contributed by atoms with E-state index in [9.17, 15) is 9.59 Å². The molecule has 27 heavy (non-hydrogen) atoms. The van der Waals surface area contributed by atoms with Gasteiger partial charge in [0.25, 0.3) is 0 Å². The molecule has 0 aliphatic rings. The molecule has 0 radical (unpaired) electrons. The average molecular weight is 428 g/mol. The highest BCUT2D eigenvalue weighted by molar-refractivity contribution is 9.10. The third kappa shape index (κ3) is 3.98. The summed E-state index contributed by atoms with van der Waals surface area (Å²) in [4.78, 5) is 27.6. The molecular weight excluding hydrogens is 406 g/mol. The molecule has 3 aromatic rings. The Hall–Kier alpha value is -2.40. The van der Waals surface area contributed by atoms with Crippen molar-refractivity contribution in [2.75, 3.05) is 0 Å². The number of H-pyrrole nitrogens is 1. The van der Waals surface area contributed by atoms with E-state index in [1.165, 1.54) is 6.92 Å². The molecule has 0 atom stereocenters. The number of hydrogen-bond acceptors (Lipinski definition) is 3. The van der Waals surface area contributed by atoms with Crippen LogP contribution < -0.4 is 5.43 Å². The first-order valence-corrected chi connectivity index (χ1v) is 9.55. The summed E-state index contributed by atoms with van der Waals surface area (Å²) in [5.41, 5.74) is 3.99. The van der Waals surface area contributed by atoms with Gasteiger partial charge in [-0.3, -0.25) is 9.59 Å². The van der Waals surface area contributed by atoms with Gasteiger partial charge in [-0.25, -0.2) is 0 Å². The van der Waals surface area contributed by atoms with Crippen LogP contribution in [-0.2, 0) is 21.6 Å². The smallest absolute Gasteiger partial charge is 0.302 e. The van der Waals surface area contributed by atoms with Gasteiger partial charge >= 0.3 is 5.97 Å². The maximum absolute atomic E-state index is 13.1. The molecule has 0 saturated heterocycles. The van der Waals surface area contributed by atoms with E-state index >= 15 is 0 Å². The summed E-state index contributed by atoms with van der Waals surface area (Å²) >= 11 is 3.50. The minimum Gasteiger partial charge on any atom is -0.461 e. The molecule has 0 aliphatic carbocycles. The van der Waals surface area contributed by atoms with Gasteiger partial charge in [-0.15, -0.1) is 0 Å². The standard InChI is InChI=1S/C22H22BrNO3/c1-13(25)27-12-18-15(6-5-7-19(18)23)17-11-24-20-10-14(22(2,3)4)8-9-16(20)21(17)26/h5-11H,12H2,1-4H3,(H,24,26). The average Bonchev–Trinajstić information content (AvgIpc) is 2.60. The number of rotatable bonds is 3. The van der Waals surface area contributed by atoms with Gasteiger partial charge in [0.05, 0.1) is 0 Å². The van der Waals surface area contributed by atoms with Crippen LogP contribution in [0.2, 0.25) is 0 Å². The van der Waals surface area contributed by atoms with Crippen molar-refractivity contribution in [2.45, 2.75) is 39.7 Å². The first-order chi connectivity index (χ1) is 12.7. The first-order valence-electron chi connectivity index (χ1n) is 8.75. The summed E-state index contributed by atoms with van der Waals surface area (Å²) in [5, 5.41) is 0.638. The van der Waals surface area contributed by atoms with E-state index in [0.29, 0.717) is 10.9 Å². The molecule has 1 N–H and O–H groups in total. The highest BCUT2D eigenvalue weighted by Crippen LogP contribution is 2.30. The summed E-state index contributed by atoms with van der Waals surface area (Å²) in [6, 6.07) is 11.5. The molecule has 1 heterocycles. The summed E-state index contributed by atoms with van der Waals surface area (Å²) in [6.45, 7) is 7.90. The number of pyridine rings is 1. The Morgan fingerprint density at radius 3 is 2.56 bits per heavy atom. The highest BCUT2D eigenvalue weighted by atomic mass is 79.9. The lowest BCUT2D eigenvalue weighted by atomic mass is 9.86. The van der Waals surface area contributed by atoms with E-state index in [4.69, 9.17) is 4.74 Å². The molecule has 140 valence electrons. The third-order valence-electron chi connectivity index (χ3n) is 4.58. The molecular formula is C22H22BrNO3. The monoisotopic (exact) mass is 427 g/mol. The Labute approximate surface area is 166 Å². The Morgan fingerprint density at radius 1 is 1.15 bits per heavy atom. The molecule has 0 amide bonds. The molecule has 0 bridgehead atoms. The van der Waals surface area contributed by atoms with Crippen LogP contribution in [0.25, 0.3) is 22.0 Å². The fraction of sp³-hybridized carbons (Fsp3) is 0.273. The summed E-state index contributed by atoms with van der Waals surface area (Å²) in [5.74, 6) is -0.362. The van der Waals surface area contributed by atoms with E-state index in [2.05, 4.69) is 41.7 Å². The molecule has 1 aromatic heterocycles. The van der Waals surface area contributed by atoms with Gasteiger partial charge in [0.2, 0.25) is 0 Å². The summed E-state index contributed by atoms with van der Waals surface area (Å²) in [7, 11) is 0. The second kappa shape index (κ2) is 7.31. The number of aromatic amines is 1. The quantitative estimate of drug-likeness (QED) is 0.575. The van der Waals surface area contributed by atoms with Gasteiger partial charge in [-0.1, -0.05) is 54.9 Å². The lowest BCUT2D eigenvalue weighted by molar-refractivity contribution is -0.142. The molecule has 0 saturated carbocycles. The number of fused-ring (bicyclic) bond motifs is 1. The Balaban J connectivity index is 2.16. The van der Waals surface area contributed by atoms with Crippen molar-refractivity contribution in [1.29, 1.82) is 0 Å². The predicted molar refractivity (Wildman–Crippen MR) is 112 cm³/mol. The number of esters is 1. The Kier molecular flexibility index (Phi) is 5.24. The lowest BCUT2D eigenvalue weighted by Crippen LogP contribution is -2.13. The van der Waals surface area contributed by atoms with Crippen molar-refractivity contribution in [3.05, 3.63) is 68.4 Å². The second-order valence-corrected chi connectivity index (χ2v) is 8.44. The summed E-state index contributed by atoms with van der Waals surface area (Å²) < 4.78 is 5.97. The van der Waals surface area contributed by atoms with Crippen molar-refractivity contribution in [3.8, 4) is 11.1 Å². The number of ether oxygens (including phenoxy) is 1. The van der Waals surface area contributed by atoms with Gasteiger partial charge in [0, 0.05) is 39.6 Å². The number of aromatic nitrogens is 1. The third-order valence-corrected chi connectivity index (χ3v) is 5.32. The zero-order chi connectivity index (χ0) is 19.8. The number of halogens is 1. The number of benzene rings is 2. The van der Waals surface area contributed by atoms with Crippen LogP contribution in [0.4, 0.5) is 0 Å². The SMILES string of the molecule is CC(=O)OCc1c(Br)cccc1-c1c[nH]c2cc(C(C)(C)C)ccc2c1=O. The maximum atomic E-state index is 13.1. The Bertz CT molecular complexity index is 1080. The van der Waals surface area contributed by atoms with Gasteiger partial charge in [-0.2, -0.15) is 0 Å². The fourth-order valence-electron chi connectivity index (χ4n) is 3.02. The molecule has 3 rings (SSSR count). The minimum absolute atomic E-state index is 0.00520. The molecule has 2 aromatic carbocycles. The van der Waals surface area contributed by atoms with E-state index < -0.39 is 0 Å². The number of nitrogens with one attached hydrogen (secondary N) is 1. The van der Waals surface area contributed by atoms with Crippen LogP contribution >= 0.6 is 15.9 Å². The number of carbonyl (C=O) groups excluding carboxylic acids is 1. The van der Waals surface area contributed by atoms with Crippen LogP contribution in [0.15, 0.2) is 51.9 Å². The van der Waals surface area contributed by atoms with Crippen LogP contribution in [0, 0.1) is 0 Å². The van der Waals surface area contributed by atoms with Crippen LogP contribution in [0.1, 0.15) is 38.8 Å². The molecule has 4 nitrogen and oxygen atoms in total. The van der Waals surface area contributed by atoms with Crippen LogP contribution in [-0.4, -0.2) is 11.0 Å². The summed E-state index contributed by atoms with van der Waals surface area (Å²) in [6.07, 6.45) is 1.73. The van der Waals surface area contributed by atoms with Crippen molar-refractivity contribution in [1.82, 2.24) is 4.98 Å². The van der Waals surface area contributed by atoms with Crippen LogP contribution in [0.3, 0.4) is 0 Å². The Morgan fingerprint density at radius 2 is 1.89 bits per heavy atom. The molecule has 0 aliphatic heterocycles. The van der Waals surface area contributed by atoms with E-state index in [1.807, 2.05) is 36.4 Å².